The number of carbonyl (C=O) groups is 1. The van der Waals surface area contributed by atoms with Crippen LogP contribution in [0.5, 0.6) is 0 Å². The van der Waals surface area contributed by atoms with Crippen LogP contribution < -0.4 is 5.32 Å². The van der Waals surface area contributed by atoms with E-state index in [2.05, 4.69) is 10.3 Å². The van der Waals surface area contributed by atoms with Gasteiger partial charge in [0, 0.05) is 11.7 Å². The molecular formula is C10H13ClN2O2. The standard InChI is InChI=1S/C10H13ClN2O2/c1-10(2,4-9(14)15)13-8-3-7(11)5-12-6-8/h3,5-6,13H,4H2,1-2H3,(H,14,15). The van der Waals surface area contributed by atoms with Crippen molar-refractivity contribution in [2.24, 2.45) is 0 Å². The summed E-state index contributed by atoms with van der Waals surface area (Å²) in [5, 5.41) is 12.3. The van der Waals surface area contributed by atoms with Gasteiger partial charge in [-0.25, -0.2) is 0 Å². The molecule has 0 saturated carbocycles. The minimum absolute atomic E-state index is 0.0273. The van der Waals surface area contributed by atoms with Crippen molar-refractivity contribution in [3.63, 3.8) is 0 Å². The Hall–Kier alpha value is -1.29. The lowest BCUT2D eigenvalue weighted by Crippen LogP contribution is -2.33. The number of hydrogen-bond acceptors (Lipinski definition) is 3. The lowest BCUT2D eigenvalue weighted by Gasteiger charge is -2.25. The normalized spacial score (nSPS) is 11.1. The minimum atomic E-state index is -0.845. The second kappa shape index (κ2) is 4.49. The Kier molecular flexibility index (Phi) is 3.52. The molecule has 15 heavy (non-hydrogen) atoms. The summed E-state index contributed by atoms with van der Waals surface area (Å²) in [7, 11) is 0. The van der Waals surface area contributed by atoms with Crippen LogP contribution in [0.15, 0.2) is 18.5 Å². The molecule has 0 radical (unpaired) electrons. The lowest BCUT2D eigenvalue weighted by molar-refractivity contribution is -0.137. The maximum absolute atomic E-state index is 10.6. The first-order chi connectivity index (χ1) is 6.89. The van der Waals surface area contributed by atoms with Crippen LogP contribution >= 0.6 is 11.6 Å². The maximum Gasteiger partial charge on any atom is 0.305 e. The molecule has 0 fully saturated rings. The highest BCUT2D eigenvalue weighted by atomic mass is 35.5. The molecule has 0 bridgehead atoms. The third-order valence-electron chi connectivity index (χ3n) is 1.78. The average molecular weight is 229 g/mol. The predicted molar refractivity (Wildman–Crippen MR) is 59.2 cm³/mol. The predicted octanol–water partition coefficient (Wildman–Crippen LogP) is 2.40. The summed E-state index contributed by atoms with van der Waals surface area (Å²) in [4.78, 5) is 14.5. The summed E-state index contributed by atoms with van der Waals surface area (Å²) in [5.41, 5.74) is 0.187. The zero-order valence-corrected chi connectivity index (χ0v) is 9.38. The van der Waals surface area contributed by atoms with E-state index in [-0.39, 0.29) is 6.42 Å². The van der Waals surface area contributed by atoms with Gasteiger partial charge in [0.25, 0.3) is 0 Å². The summed E-state index contributed by atoms with van der Waals surface area (Å²) >= 11 is 5.76. The first-order valence-electron chi connectivity index (χ1n) is 4.49. The van der Waals surface area contributed by atoms with Crippen molar-refractivity contribution >= 4 is 23.3 Å². The second-order valence-corrected chi connectivity index (χ2v) is 4.41. The zero-order chi connectivity index (χ0) is 11.5. The minimum Gasteiger partial charge on any atom is -0.481 e. The van der Waals surface area contributed by atoms with Crippen molar-refractivity contribution in [1.29, 1.82) is 0 Å². The van der Waals surface area contributed by atoms with Crippen molar-refractivity contribution in [2.45, 2.75) is 25.8 Å². The molecule has 0 aromatic carbocycles. The number of anilines is 1. The Bertz CT molecular complexity index is 366. The van der Waals surface area contributed by atoms with Gasteiger partial charge in [-0.3, -0.25) is 9.78 Å². The molecule has 2 N–H and O–H groups in total. The number of carboxylic acids is 1. The smallest absolute Gasteiger partial charge is 0.305 e. The number of pyridine rings is 1. The Labute approximate surface area is 93.3 Å². The van der Waals surface area contributed by atoms with Crippen LogP contribution in [-0.4, -0.2) is 21.6 Å². The summed E-state index contributed by atoms with van der Waals surface area (Å²) in [6, 6.07) is 1.71. The fourth-order valence-electron chi connectivity index (χ4n) is 1.29. The van der Waals surface area contributed by atoms with Gasteiger partial charge in [0.05, 0.1) is 23.3 Å². The topological polar surface area (TPSA) is 62.2 Å². The Balaban J connectivity index is 2.72. The molecule has 0 atom stereocenters. The fourth-order valence-corrected chi connectivity index (χ4v) is 1.47. The van der Waals surface area contributed by atoms with Crippen LogP contribution in [0.1, 0.15) is 20.3 Å². The number of aromatic nitrogens is 1. The van der Waals surface area contributed by atoms with Gasteiger partial charge in [0.15, 0.2) is 0 Å². The van der Waals surface area contributed by atoms with Gasteiger partial charge < -0.3 is 10.4 Å². The summed E-state index contributed by atoms with van der Waals surface area (Å²) in [6.07, 6.45) is 3.16. The number of aliphatic carboxylic acids is 1. The Morgan fingerprint density at radius 2 is 2.27 bits per heavy atom. The third kappa shape index (κ3) is 4.16. The zero-order valence-electron chi connectivity index (χ0n) is 8.62. The molecule has 1 rings (SSSR count). The third-order valence-corrected chi connectivity index (χ3v) is 1.99. The van der Waals surface area contributed by atoms with Gasteiger partial charge in [-0.05, 0) is 19.9 Å². The second-order valence-electron chi connectivity index (χ2n) is 3.97. The summed E-state index contributed by atoms with van der Waals surface area (Å²) in [5.74, 6) is -0.845. The molecule has 0 aliphatic rings. The number of hydrogen-bond donors (Lipinski definition) is 2. The fraction of sp³-hybridized carbons (Fsp3) is 0.400. The van der Waals surface area contributed by atoms with E-state index in [1.807, 2.05) is 13.8 Å². The van der Waals surface area contributed by atoms with Crippen LogP contribution in [0.4, 0.5) is 5.69 Å². The summed E-state index contributed by atoms with van der Waals surface area (Å²) < 4.78 is 0. The highest BCUT2D eigenvalue weighted by Gasteiger charge is 2.21. The molecule has 82 valence electrons. The van der Waals surface area contributed by atoms with Crippen LogP contribution in [0.25, 0.3) is 0 Å². The van der Waals surface area contributed by atoms with Crippen LogP contribution in [-0.2, 0) is 4.79 Å². The molecular weight excluding hydrogens is 216 g/mol. The molecule has 5 heteroatoms. The molecule has 0 saturated heterocycles. The maximum atomic E-state index is 10.6. The first-order valence-corrected chi connectivity index (χ1v) is 4.87. The summed E-state index contributed by atoms with van der Waals surface area (Å²) in [6.45, 7) is 3.62. The number of nitrogens with one attached hydrogen (secondary N) is 1. The van der Waals surface area contributed by atoms with Gasteiger partial charge in [0.2, 0.25) is 0 Å². The molecule has 0 unspecified atom stereocenters. The van der Waals surface area contributed by atoms with E-state index in [0.717, 1.165) is 0 Å². The molecule has 0 aliphatic carbocycles. The number of rotatable bonds is 4. The van der Waals surface area contributed by atoms with Crippen molar-refractivity contribution < 1.29 is 9.90 Å². The van der Waals surface area contributed by atoms with E-state index >= 15 is 0 Å². The van der Waals surface area contributed by atoms with Crippen molar-refractivity contribution in [3.8, 4) is 0 Å². The van der Waals surface area contributed by atoms with Gasteiger partial charge >= 0.3 is 5.97 Å². The highest BCUT2D eigenvalue weighted by molar-refractivity contribution is 6.30. The lowest BCUT2D eigenvalue weighted by atomic mass is 10.0. The number of carboxylic acid groups (broad SMARTS) is 1. The SMILES string of the molecule is CC(C)(CC(=O)O)Nc1cncc(Cl)c1. The number of nitrogens with zero attached hydrogens (tertiary/aromatic N) is 1. The van der Waals surface area contributed by atoms with E-state index in [9.17, 15) is 4.79 Å². The van der Waals surface area contributed by atoms with Crippen molar-refractivity contribution in [1.82, 2.24) is 4.98 Å². The van der Waals surface area contributed by atoms with E-state index in [4.69, 9.17) is 16.7 Å². The van der Waals surface area contributed by atoms with Gasteiger partial charge in [0.1, 0.15) is 0 Å². The van der Waals surface area contributed by atoms with E-state index in [1.165, 1.54) is 6.20 Å². The van der Waals surface area contributed by atoms with Crippen LogP contribution in [0.3, 0.4) is 0 Å². The molecule has 0 amide bonds. The number of halogens is 1. The monoisotopic (exact) mass is 228 g/mol. The Morgan fingerprint density at radius 1 is 1.60 bits per heavy atom. The van der Waals surface area contributed by atoms with E-state index < -0.39 is 11.5 Å². The average Bonchev–Trinajstić information content (AvgIpc) is 1.99. The van der Waals surface area contributed by atoms with Gasteiger partial charge in [-0.1, -0.05) is 11.6 Å². The van der Waals surface area contributed by atoms with Gasteiger partial charge in [-0.15, -0.1) is 0 Å². The quantitative estimate of drug-likeness (QED) is 0.831. The van der Waals surface area contributed by atoms with E-state index in [0.29, 0.717) is 10.7 Å². The Morgan fingerprint density at radius 3 is 2.80 bits per heavy atom. The molecule has 1 aromatic heterocycles. The molecule has 0 aliphatic heterocycles. The van der Waals surface area contributed by atoms with Gasteiger partial charge in [-0.2, -0.15) is 0 Å². The molecule has 4 nitrogen and oxygen atoms in total. The largest absolute Gasteiger partial charge is 0.481 e. The molecule has 0 spiro atoms. The van der Waals surface area contributed by atoms with E-state index in [1.54, 1.807) is 12.3 Å². The first kappa shape index (κ1) is 11.8. The highest BCUT2D eigenvalue weighted by Crippen LogP contribution is 2.19. The van der Waals surface area contributed by atoms with Crippen molar-refractivity contribution in [2.75, 3.05) is 5.32 Å². The van der Waals surface area contributed by atoms with Crippen LogP contribution in [0.2, 0.25) is 5.02 Å². The molecule has 1 heterocycles. The molecule has 1 aromatic rings. The van der Waals surface area contributed by atoms with Crippen LogP contribution in [0, 0.1) is 0 Å². The van der Waals surface area contributed by atoms with Crippen molar-refractivity contribution in [3.05, 3.63) is 23.5 Å².